The number of nitrogens with one attached hydrogen (secondary N) is 3. The number of hydrogen-bond donors (Lipinski definition) is 3. The lowest BCUT2D eigenvalue weighted by Gasteiger charge is -2.47. The lowest BCUT2D eigenvalue weighted by Crippen LogP contribution is -2.64. The Morgan fingerprint density at radius 3 is 2.88 bits per heavy atom. The van der Waals surface area contributed by atoms with Crippen LogP contribution in [0.2, 0.25) is 0 Å². The van der Waals surface area contributed by atoms with E-state index in [1.165, 1.54) is 4.31 Å². The Kier molecular flexibility index (Phi) is 4.60. The molecular weight excluding hydrogens is 354 g/mol. The van der Waals surface area contributed by atoms with Crippen molar-refractivity contribution in [1.82, 2.24) is 19.1 Å². The van der Waals surface area contributed by atoms with Crippen molar-refractivity contribution in [3.63, 3.8) is 0 Å². The Labute approximate surface area is 152 Å². The predicted octanol–water partition coefficient (Wildman–Crippen LogP) is 0.943. The smallest absolute Gasteiger partial charge is 0.213 e. The summed E-state index contributed by atoms with van der Waals surface area (Å²) in [6.45, 7) is 2.04. The molecule has 0 aliphatic carbocycles. The first-order valence-electron chi connectivity index (χ1n) is 8.21. The molecule has 0 unspecified atom stereocenters. The van der Waals surface area contributed by atoms with E-state index in [-0.39, 0.29) is 25.3 Å². The summed E-state index contributed by atoms with van der Waals surface area (Å²) in [5, 5.41) is 24.9. The number of sulfonamides is 1. The summed E-state index contributed by atoms with van der Waals surface area (Å²) in [5.74, 6) is 0.767. The Morgan fingerprint density at radius 2 is 2.27 bits per heavy atom. The van der Waals surface area contributed by atoms with Crippen LogP contribution in [0, 0.1) is 16.7 Å². The normalized spacial score (nSPS) is 16.7. The average Bonchev–Trinajstić information content (AvgIpc) is 3.26. The first-order chi connectivity index (χ1) is 12.4. The average molecular weight is 375 g/mol. The highest BCUT2D eigenvalue weighted by molar-refractivity contribution is 7.89. The highest BCUT2D eigenvalue weighted by Gasteiger charge is 2.49. The van der Waals surface area contributed by atoms with Gasteiger partial charge in [-0.3, -0.25) is 10.1 Å². The fourth-order valence-electron chi connectivity index (χ4n) is 3.13. The van der Waals surface area contributed by atoms with Gasteiger partial charge in [0.05, 0.1) is 30.2 Å². The van der Waals surface area contributed by atoms with Crippen molar-refractivity contribution in [3.8, 4) is 6.07 Å². The zero-order valence-corrected chi connectivity index (χ0v) is 15.5. The van der Waals surface area contributed by atoms with Crippen LogP contribution in [0.1, 0.15) is 24.5 Å². The Bertz CT molecular complexity index is 961. The van der Waals surface area contributed by atoms with E-state index < -0.39 is 15.6 Å². The van der Waals surface area contributed by atoms with Crippen molar-refractivity contribution >= 4 is 21.6 Å². The fraction of sp³-hybridized carbons (Fsp3) is 0.438. The maximum absolute atomic E-state index is 12.0. The summed E-state index contributed by atoms with van der Waals surface area (Å²) < 4.78 is 27.0. The summed E-state index contributed by atoms with van der Waals surface area (Å²) >= 11 is 0. The van der Waals surface area contributed by atoms with Gasteiger partial charge < -0.3 is 10.3 Å². The third-order valence-corrected chi connectivity index (χ3v) is 6.51. The van der Waals surface area contributed by atoms with Crippen molar-refractivity contribution in [3.05, 3.63) is 35.8 Å². The number of hydrogen-bond acceptors (Lipinski definition) is 6. The molecule has 1 aliphatic heterocycles. The second-order valence-electron chi connectivity index (χ2n) is 6.29. The van der Waals surface area contributed by atoms with Gasteiger partial charge in [-0.2, -0.15) is 14.7 Å². The van der Waals surface area contributed by atoms with E-state index in [9.17, 15) is 13.7 Å². The van der Waals surface area contributed by atoms with E-state index in [2.05, 4.69) is 21.5 Å². The molecule has 0 aromatic carbocycles. The Hall–Kier alpha value is -2.64. The molecular formula is C16H21N7O2S. The molecule has 0 saturated carbocycles. The molecule has 1 fully saturated rings. The molecule has 0 bridgehead atoms. The van der Waals surface area contributed by atoms with Crippen molar-refractivity contribution in [1.29, 1.82) is 10.7 Å². The fourth-order valence-corrected chi connectivity index (χ4v) is 4.36. The lowest BCUT2D eigenvalue weighted by molar-refractivity contribution is 0.0718. The first kappa shape index (κ1) is 18.2. The van der Waals surface area contributed by atoms with Crippen LogP contribution in [0.5, 0.6) is 0 Å². The molecule has 0 atom stereocenters. The minimum absolute atomic E-state index is 0.0327. The quantitative estimate of drug-likeness (QED) is 0.620. The summed E-state index contributed by atoms with van der Waals surface area (Å²) in [6, 6.07) is 3.93. The third kappa shape index (κ3) is 2.89. The summed E-state index contributed by atoms with van der Waals surface area (Å²) in [4.78, 5) is 3.02. The van der Waals surface area contributed by atoms with Crippen LogP contribution in [0.15, 0.2) is 24.7 Å². The maximum atomic E-state index is 12.0. The number of H-pyrrole nitrogens is 1. The lowest BCUT2D eigenvalue weighted by atomic mass is 9.89. The molecule has 138 valence electrons. The van der Waals surface area contributed by atoms with E-state index in [0.29, 0.717) is 16.8 Å². The molecule has 2 aromatic rings. The van der Waals surface area contributed by atoms with Gasteiger partial charge in [0, 0.05) is 43.7 Å². The zero-order chi connectivity index (χ0) is 18.9. The zero-order valence-electron chi connectivity index (χ0n) is 14.7. The van der Waals surface area contributed by atoms with Gasteiger partial charge in [-0.05, 0) is 13.0 Å². The van der Waals surface area contributed by atoms with Crippen molar-refractivity contribution in [2.75, 3.05) is 31.2 Å². The summed E-state index contributed by atoms with van der Waals surface area (Å²) in [7, 11) is -1.52. The van der Waals surface area contributed by atoms with Crippen LogP contribution >= 0.6 is 0 Å². The van der Waals surface area contributed by atoms with Crippen LogP contribution in [0.3, 0.4) is 0 Å². The molecule has 1 saturated heterocycles. The maximum Gasteiger partial charge on any atom is 0.213 e. The molecule has 9 nitrogen and oxygen atoms in total. The number of aromatic nitrogens is 3. The number of aromatic amines is 1. The topological polar surface area (TPSA) is 131 Å². The number of anilines is 1. The van der Waals surface area contributed by atoms with Crippen LogP contribution < -0.4 is 5.32 Å². The standard InChI is InChI=1S/C16H21N7O2S/c1-3-26(24,25)22-10-16(11-22,5-6-17)23-9-12(8-21-23)14(18)13-4-7-20-15(13)19-2/h4,7-9,18-20H,3,5,10-11H2,1-2H3. The van der Waals surface area contributed by atoms with Crippen LogP contribution in [-0.2, 0) is 15.6 Å². The van der Waals surface area contributed by atoms with Gasteiger partial charge in [0.1, 0.15) is 11.4 Å². The highest BCUT2D eigenvalue weighted by atomic mass is 32.2. The summed E-state index contributed by atoms with van der Waals surface area (Å²) in [6.07, 6.45) is 5.19. The van der Waals surface area contributed by atoms with Gasteiger partial charge >= 0.3 is 0 Å². The minimum atomic E-state index is -3.28. The SMILES string of the molecule is CCS(=O)(=O)N1CC(CC#N)(n2cc(C(=N)c3cc[nH]c3NC)cn2)C1. The molecule has 0 spiro atoms. The van der Waals surface area contributed by atoms with E-state index in [1.807, 2.05) is 0 Å². The van der Waals surface area contributed by atoms with Crippen molar-refractivity contribution < 1.29 is 8.42 Å². The van der Waals surface area contributed by atoms with Crippen LogP contribution in [-0.4, -0.2) is 59.1 Å². The Balaban J connectivity index is 1.86. The first-order valence-corrected chi connectivity index (χ1v) is 9.82. The molecule has 26 heavy (non-hydrogen) atoms. The van der Waals surface area contributed by atoms with Gasteiger partial charge in [0.15, 0.2) is 0 Å². The monoisotopic (exact) mass is 375 g/mol. The van der Waals surface area contributed by atoms with Crippen molar-refractivity contribution in [2.24, 2.45) is 0 Å². The van der Waals surface area contributed by atoms with Gasteiger partial charge in [0.2, 0.25) is 10.0 Å². The Morgan fingerprint density at radius 1 is 1.54 bits per heavy atom. The second-order valence-corrected chi connectivity index (χ2v) is 8.55. The predicted molar refractivity (Wildman–Crippen MR) is 97.7 cm³/mol. The summed E-state index contributed by atoms with van der Waals surface area (Å²) in [5.41, 5.74) is 0.936. The van der Waals surface area contributed by atoms with Crippen LogP contribution in [0.25, 0.3) is 0 Å². The molecule has 10 heteroatoms. The number of rotatable bonds is 7. The highest BCUT2D eigenvalue weighted by Crippen LogP contribution is 2.34. The molecule has 3 N–H and O–H groups in total. The van der Waals surface area contributed by atoms with E-state index >= 15 is 0 Å². The van der Waals surface area contributed by atoms with Gasteiger partial charge in [-0.15, -0.1) is 0 Å². The molecule has 0 radical (unpaired) electrons. The van der Waals surface area contributed by atoms with Gasteiger partial charge in [-0.1, -0.05) is 0 Å². The minimum Gasteiger partial charge on any atom is -0.374 e. The van der Waals surface area contributed by atoms with E-state index in [0.717, 1.165) is 5.82 Å². The number of nitrogens with zero attached hydrogens (tertiary/aromatic N) is 4. The second kappa shape index (κ2) is 6.59. The molecule has 0 amide bonds. The molecule has 1 aliphatic rings. The van der Waals surface area contributed by atoms with Gasteiger partial charge in [-0.25, -0.2) is 8.42 Å². The molecule has 3 heterocycles. The molecule has 2 aromatic heterocycles. The molecule has 3 rings (SSSR count). The van der Waals surface area contributed by atoms with Gasteiger partial charge in [0.25, 0.3) is 0 Å². The van der Waals surface area contributed by atoms with E-state index in [4.69, 9.17) is 5.41 Å². The largest absolute Gasteiger partial charge is 0.374 e. The van der Waals surface area contributed by atoms with Crippen molar-refractivity contribution in [2.45, 2.75) is 18.9 Å². The van der Waals surface area contributed by atoms with E-state index in [1.54, 1.807) is 43.3 Å². The third-order valence-electron chi connectivity index (χ3n) is 4.73. The van der Waals surface area contributed by atoms with Crippen LogP contribution in [0.4, 0.5) is 5.82 Å². The number of nitriles is 1.